The average molecular weight is 353 g/mol. The molecule has 1 unspecified atom stereocenters. The van der Waals surface area contributed by atoms with Gasteiger partial charge in [0.05, 0.1) is 21.8 Å². The molecule has 3 nitrogen and oxygen atoms in total. The summed E-state index contributed by atoms with van der Waals surface area (Å²) in [5.41, 5.74) is 1.10. The summed E-state index contributed by atoms with van der Waals surface area (Å²) in [5.74, 6) is 1.21. The third-order valence-corrected chi connectivity index (χ3v) is 5.67. The number of hydrogen-bond donors (Lipinski definition) is 1. The summed E-state index contributed by atoms with van der Waals surface area (Å²) in [6, 6.07) is 6.56. The molecule has 0 spiro atoms. The summed E-state index contributed by atoms with van der Waals surface area (Å²) < 4.78 is 2.36. The number of rotatable bonds is 4. The van der Waals surface area contributed by atoms with Gasteiger partial charge in [-0.25, -0.2) is 4.98 Å². The number of hydrogen-bond acceptors (Lipinski definition) is 4. The number of nitrogens with zero attached hydrogens (tertiary/aromatic N) is 2. The van der Waals surface area contributed by atoms with E-state index in [0.29, 0.717) is 17.9 Å². The van der Waals surface area contributed by atoms with Crippen molar-refractivity contribution in [1.29, 1.82) is 0 Å². The van der Waals surface area contributed by atoms with E-state index in [1.54, 1.807) is 6.21 Å². The Balaban J connectivity index is 1.68. The van der Waals surface area contributed by atoms with Crippen LogP contribution >= 0.6 is 27.3 Å². The van der Waals surface area contributed by atoms with Crippen molar-refractivity contribution in [1.82, 2.24) is 4.98 Å². The number of thiazole rings is 1. The first kappa shape index (κ1) is 14.2. The molecule has 0 aliphatic heterocycles. The molecule has 5 heteroatoms. The highest BCUT2D eigenvalue weighted by molar-refractivity contribution is 9.10. The fraction of sp³-hybridized carbons (Fsp3) is 0.467. The van der Waals surface area contributed by atoms with Gasteiger partial charge in [-0.2, -0.15) is 0 Å². The molecule has 1 aliphatic rings. The van der Waals surface area contributed by atoms with Crippen LogP contribution in [0.2, 0.25) is 0 Å². The zero-order valence-corrected chi connectivity index (χ0v) is 13.7. The van der Waals surface area contributed by atoms with Crippen LogP contribution in [0.5, 0.6) is 0 Å². The number of fused-ring (bicyclic) bond motifs is 1. The SMILES string of the molecule is CC(/N=C/CO)C1CC(c2nc3ccc(Br)cc3s2)C1. The van der Waals surface area contributed by atoms with Crippen molar-refractivity contribution in [3.8, 4) is 0 Å². The Morgan fingerprint density at radius 1 is 1.55 bits per heavy atom. The summed E-state index contributed by atoms with van der Waals surface area (Å²) in [6.45, 7) is 2.16. The fourth-order valence-corrected chi connectivity index (χ4v) is 4.33. The summed E-state index contributed by atoms with van der Waals surface area (Å²) in [5, 5.41) is 10.0. The molecular weight excluding hydrogens is 336 g/mol. The van der Waals surface area contributed by atoms with Crippen molar-refractivity contribution >= 4 is 43.7 Å². The topological polar surface area (TPSA) is 45.5 Å². The van der Waals surface area contributed by atoms with Crippen LogP contribution in [-0.4, -0.2) is 29.0 Å². The lowest BCUT2D eigenvalue weighted by molar-refractivity contribution is 0.230. The van der Waals surface area contributed by atoms with Gasteiger partial charge in [-0.3, -0.25) is 4.99 Å². The first-order valence-electron chi connectivity index (χ1n) is 6.86. The van der Waals surface area contributed by atoms with Crippen LogP contribution in [0.3, 0.4) is 0 Å². The van der Waals surface area contributed by atoms with Gasteiger partial charge < -0.3 is 5.11 Å². The van der Waals surface area contributed by atoms with Gasteiger partial charge in [-0.15, -0.1) is 11.3 Å². The number of aromatic nitrogens is 1. The maximum absolute atomic E-state index is 8.76. The van der Waals surface area contributed by atoms with E-state index in [9.17, 15) is 0 Å². The molecule has 0 bridgehead atoms. The number of aliphatic imine (C=N–C) groups is 1. The van der Waals surface area contributed by atoms with Gasteiger partial charge in [0.25, 0.3) is 0 Å². The molecule has 0 saturated heterocycles. The van der Waals surface area contributed by atoms with E-state index in [1.807, 2.05) is 17.4 Å². The summed E-state index contributed by atoms with van der Waals surface area (Å²) in [4.78, 5) is 9.10. The molecule has 1 fully saturated rings. The van der Waals surface area contributed by atoms with Crippen LogP contribution in [0, 0.1) is 5.92 Å². The van der Waals surface area contributed by atoms with Gasteiger partial charge in [0.15, 0.2) is 0 Å². The Morgan fingerprint density at radius 2 is 2.35 bits per heavy atom. The predicted molar refractivity (Wildman–Crippen MR) is 87.8 cm³/mol. The molecule has 0 radical (unpaired) electrons. The van der Waals surface area contributed by atoms with Crippen LogP contribution in [0.25, 0.3) is 10.2 Å². The van der Waals surface area contributed by atoms with Crippen molar-refractivity contribution in [2.75, 3.05) is 6.61 Å². The number of halogens is 1. The van der Waals surface area contributed by atoms with Crippen molar-refractivity contribution in [3.63, 3.8) is 0 Å². The highest BCUT2D eigenvalue weighted by Gasteiger charge is 2.35. The molecule has 1 atom stereocenters. The standard InChI is InChI=1S/C15H17BrN2OS/c1-9(17-4-5-19)10-6-11(7-10)15-18-13-3-2-12(16)8-14(13)20-15/h2-4,8-11,19H,5-7H2,1H3/b17-4+. The highest BCUT2D eigenvalue weighted by Crippen LogP contribution is 2.46. The van der Waals surface area contributed by atoms with Gasteiger partial charge in [0.2, 0.25) is 0 Å². The van der Waals surface area contributed by atoms with Crippen molar-refractivity contribution in [3.05, 3.63) is 27.7 Å². The third-order valence-electron chi connectivity index (χ3n) is 4.00. The van der Waals surface area contributed by atoms with E-state index in [4.69, 9.17) is 10.1 Å². The fourth-order valence-electron chi connectivity index (χ4n) is 2.68. The predicted octanol–water partition coefficient (Wildman–Crippen LogP) is 4.00. The number of aliphatic hydroxyl groups excluding tert-OH is 1. The normalized spacial score (nSPS) is 24.1. The van der Waals surface area contributed by atoms with Gasteiger partial charge in [0, 0.05) is 22.6 Å². The van der Waals surface area contributed by atoms with Crippen LogP contribution in [0.1, 0.15) is 30.7 Å². The van der Waals surface area contributed by atoms with E-state index in [-0.39, 0.29) is 6.61 Å². The van der Waals surface area contributed by atoms with E-state index in [1.165, 1.54) is 9.71 Å². The van der Waals surface area contributed by atoms with E-state index < -0.39 is 0 Å². The Bertz CT molecular complexity index is 634. The molecule has 1 N–H and O–H groups in total. The lowest BCUT2D eigenvalue weighted by atomic mass is 9.72. The summed E-state index contributed by atoms with van der Waals surface area (Å²) in [6.07, 6.45) is 3.92. The van der Waals surface area contributed by atoms with E-state index in [0.717, 1.165) is 22.8 Å². The van der Waals surface area contributed by atoms with Gasteiger partial charge in [-0.05, 0) is 43.9 Å². The minimum Gasteiger partial charge on any atom is -0.391 e. The first-order chi connectivity index (χ1) is 9.67. The largest absolute Gasteiger partial charge is 0.391 e. The molecule has 20 heavy (non-hydrogen) atoms. The molecule has 1 aromatic heterocycles. The zero-order valence-electron chi connectivity index (χ0n) is 11.3. The van der Waals surface area contributed by atoms with Crippen molar-refractivity contribution in [2.24, 2.45) is 10.9 Å². The second-order valence-electron chi connectivity index (χ2n) is 5.35. The third kappa shape index (κ3) is 2.80. The van der Waals surface area contributed by atoms with Crippen molar-refractivity contribution in [2.45, 2.75) is 31.7 Å². The molecule has 106 valence electrons. The van der Waals surface area contributed by atoms with Crippen LogP contribution in [0.15, 0.2) is 27.7 Å². The van der Waals surface area contributed by atoms with Gasteiger partial charge in [-0.1, -0.05) is 15.9 Å². The zero-order chi connectivity index (χ0) is 14.1. The Kier molecular flexibility index (Phi) is 4.19. The summed E-state index contributed by atoms with van der Waals surface area (Å²) >= 11 is 5.31. The van der Waals surface area contributed by atoms with E-state index >= 15 is 0 Å². The lowest BCUT2D eigenvalue weighted by Crippen LogP contribution is -2.29. The maximum Gasteiger partial charge on any atom is 0.0969 e. The Morgan fingerprint density at radius 3 is 3.10 bits per heavy atom. The molecule has 1 aromatic carbocycles. The number of benzene rings is 1. The van der Waals surface area contributed by atoms with Crippen molar-refractivity contribution < 1.29 is 5.11 Å². The minimum absolute atomic E-state index is 0.0350. The minimum atomic E-state index is 0.0350. The monoisotopic (exact) mass is 352 g/mol. The number of aliphatic hydroxyl groups is 1. The molecule has 1 heterocycles. The molecular formula is C15H17BrN2OS. The van der Waals surface area contributed by atoms with Crippen LogP contribution < -0.4 is 0 Å². The average Bonchev–Trinajstić information content (AvgIpc) is 2.76. The molecule has 1 saturated carbocycles. The van der Waals surface area contributed by atoms with Gasteiger partial charge >= 0.3 is 0 Å². The molecule has 1 aliphatic carbocycles. The second kappa shape index (κ2) is 5.92. The smallest absolute Gasteiger partial charge is 0.0969 e. The highest BCUT2D eigenvalue weighted by atomic mass is 79.9. The first-order valence-corrected chi connectivity index (χ1v) is 8.47. The second-order valence-corrected chi connectivity index (χ2v) is 7.33. The van der Waals surface area contributed by atoms with Crippen LogP contribution in [0.4, 0.5) is 0 Å². The van der Waals surface area contributed by atoms with Gasteiger partial charge in [0.1, 0.15) is 0 Å². The molecule has 2 aromatic rings. The maximum atomic E-state index is 8.76. The molecule has 3 rings (SSSR count). The quantitative estimate of drug-likeness (QED) is 0.845. The molecule has 0 amide bonds. The lowest BCUT2D eigenvalue weighted by Gasteiger charge is -2.36. The Hall–Kier alpha value is -0.780. The summed E-state index contributed by atoms with van der Waals surface area (Å²) in [7, 11) is 0. The van der Waals surface area contributed by atoms with Crippen LogP contribution in [-0.2, 0) is 0 Å². The van der Waals surface area contributed by atoms with E-state index in [2.05, 4.69) is 40.0 Å². The Labute approximate surface area is 130 Å².